The molecule has 0 saturated heterocycles. The van der Waals surface area contributed by atoms with Crippen LogP contribution in [0.25, 0.3) is 5.82 Å². The summed E-state index contributed by atoms with van der Waals surface area (Å²) < 4.78 is 1.37. The minimum Gasteiger partial charge on any atom is -0.393 e. The van der Waals surface area contributed by atoms with Crippen LogP contribution in [-0.2, 0) is 12.8 Å². The van der Waals surface area contributed by atoms with Gasteiger partial charge in [-0.15, -0.1) is 0 Å². The van der Waals surface area contributed by atoms with Gasteiger partial charge in [-0.25, -0.2) is 14.6 Å². The van der Waals surface area contributed by atoms with Crippen molar-refractivity contribution in [2.24, 2.45) is 0 Å². The van der Waals surface area contributed by atoms with Gasteiger partial charge >= 0.3 is 5.69 Å². The molecule has 9 heteroatoms. The molecule has 0 aliphatic carbocycles. The Hall–Kier alpha value is -2.22. The van der Waals surface area contributed by atoms with E-state index in [1.165, 1.54) is 11.0 Å². The summed E-state index contributed by atoms with van der Waals surface area (Å²) in [6.07, 6.45) is 2.10. The second-order valence-electron chi connectivity index (χ2n) is 4.02. The summed E-state index contributed by atoms with van der Waals surface area (Å²) in [5.41, 5.74) is 6.80. The van der Waals surface area contributed by atoms with E-state index in [1.54, 1.807) is 13.8 Å². The molecule has 0 aliphatic heterocycles. The number of halogens is 1. The second-order valence-corrected chi connectivity index (χ2v) is 4.38. The molecule has 0 fully saturated rings. The molecule has 8 nitrogen and oxygen atoms in total. The van der Waals surface area contributed by atoms with Crippen LogP contribution in [0.4, 0.5) is 11.4 Å². The Morgan fingerprint density at radius 1 is 1.40 bits per heavy atom. The molecule has 0 saturated carbocycles. The summed E-state index contributed by atoms with van der Waals surface area (Å²) in [5.74, 6) is 0.254. The SMILES string of the molecule is CCc1nn(-c2ncnc(Cl)c2N)c(CC)c1[N+](=O)[O-]. The average Bonchev–Trinajstić information content (AvgIpc) is 2.80. The lowest BCUT2D eigenvalue weighted by Gasteiger charge is -2.07. The van der Waals surface area contributed by atoms with Crippen molar-refractivity contribution in [3.05, 3.63) is 33.0 Å². The molecule has 106 valence electrons. The van der Waals surface area contributed by atoms with E-state index in [2.05, 4.69) is 15.1 Å². The summed E-state index contributed by atoms with van der Waals surface area (Å²) >= 11 is 5.85. The molecule has 0 aromatic carbocycles. The number of nitrogens with two attached hydrogens (primary N) is 1. The van der Waals surface area contributed by atoms with Gasteiger partial charge in [-0.2, -0.15) is 5.10 Å². The average molecular weight is 297 g/mol. The lowest BCUT2D eigenvalue weighted by molar-refractivity contribution is -0.386. The normalized spacial score (nSPS) is 10.8. The Morgan fingerprint density at radius 2 is 2.10 bits per heavy atom. The first-order valence-corrected chi connectivity index (χ1v) is 6.40. The number of nitro groups is 1. The highest BCUT2D eigenvalue weighted by molar-refractivity contribution is 6.32. The van der Waals surface area contributed by atoms with Crippen LogP contribution in [0, 0.1) is 10.1 Å². The molecule has 0 radical (unpaired) electrons. The fourth-order valence-corrected chi connectivity index (χ4v) is 2.10. The van der Waals surface area contributed by atoms with E-state index in [-0.39, 0.29) is 22.3 Å². The van der Waals surface area contributed by atoms with Gasteiger partial charge in [0.05, 0.1) is 4.92 Å². The Balaban J connectivity index is 2.74. The highest BCUT2D eigenvalue weighted by Gasteiger charge is 2.27. The third-order valence-corrected chi connectivity index (χ3v) is 3.19. The molecule has 0 bridgehead atoms. The van der Waals surface area contributed by atoms with Crippen molar-refractivity contribution in [3.63, 3.8) is 0 Å². The molecule has 2 N–H and O–H groups in total. The molecule has 0 aliphatic rings. The number of hydrogen-bond donors (Lipinski definition) is 1. The lowest BCUT2D eigenvalue weighted by atomic mass is 10.2. The van der Waals surface area contributed by atoms with Crippen molar-refractivity contribution in [3.8, 4) is 5.82 Å². The summed E-state index contributed by atoms with van der Waals surface area (Å²) in [5, 5.41) is 15.5. The molecule has 0 atom stereocenters. The zero-order chi connectivity index (χ0) is 14.9. The molecule has 0 unspecified atom stereocenters. The number of anilines is 1. The van der Waals surface area contributed by atoms with Gasteiger partial charge in [-0.05, 0) is 12.8 Å². The number of rotatable bonds is 4. The van der Waals surface area contributed by atoms with Crippen molar-refractivity contribution in [1.82, 2.24) is 19.7 Å². The fraction of sp³-hybridized carbons (Fsp3) is 0.364. The second kappa shape index (κ2) is 5.41. The van der Waals surface area contributed by atoms with Crippen LogP contribution in [0.1, 0.15) is 25.2 Å². The molecule has 0 amide bonds. The first-order valence-electron chi connectivity index (χ1n) is 6.02. The predicted octanol–water partition coefficient (Wildman–Crippen LogP) is 1.93. The van der Waals surface area contributed by atoms with Gasteiger partial charge in [0.1, 0.15) is 23.4 Å². The Morgan fingerprint density at radius 3 is 2.65 bits per heavy atom. The number of nitrogen functional groups attached to an aromatic ring is 1. The number of hydrogen-bond acceptors (Lipinski definition) is 6. The molecule has 0 spiro atoms. The lowest BCUT2D eigenvalue weighted by Crippen LogP contribution is -2.09. The molecule has 2 rings (SSSR count). The third-order valence-electron chi connectivity index (χ3n) is 2.89. The standard InChI is InChI=1S/C11H13ClN6O2/c1-3-6-9(18(19)20)7(4-2)17(16-6)11-8(13)10(12)14-5-15-11/h5H,3-4,13H2,1-2H3. The summed E-state index contributed by atoms with van der Waals surface area (Å²) in [4.78, 5) is 18.6. The van der Waals surface area contributed by atoms with Crippen molar-refractivity contribution in [2.75, 3.05) is 5.73 Å². The maximum atomic E-state index is 11.2. The van der Waals surface area contributed by atoms with Gasteiger partial charge < -0.3 is 5.73 Å². The van der Waals surface area contributed by atoms with E-state index in [1.807, 2.05) is 0 Å². The van der Waals surface area contributed by atoms with Crippen LogP contribution < -0.4 is 5.73 Å². The largest absolute Gasteiger partial charge is 0.393 e. The van der Waals surface area contributed by atoms with Crippen molar-refractivity contribution < 1.29 is 4.92 Å². The van der Waals surface area contributed by atoms with Gasteiger partial charge in [0.15, 0.2) is 11.0 Å². The van der Waals surface area contributed by atoms with Crippen LogP contribution in [0.3, 0.4) is 0 Å². The maximum absolute atomic E-state index is 11.2. The van der Waals surface area contributed by atoms with Gasteiger partial charge in [0, 0.05) is 0 Å². The minimum atomic E-state index is -0.430. The number of aromatic nitrogens is 4. The number of aryl methyl sites for hydroxylation is 1. The van der Waals surface area contributed by atoms with E-state index in [0.29, 0.717) is 24.2 Å². The summed E-state index contributed by atoms with van der Waals surface area (Å²) in [7, 11) is 0. The Labute approximate surface area is 119 Å². The van der Waals surface area contributed by atoms with E-state index in [0.717, 1.165) is 0 Å². The summed E-state index contributed by atoms with van der Waals surface area (Å²) in [6, 6.07) is 0. The highest BCUT2D eigenvalue weighted by atomic mass is 35.5. The van der Waals surface area contributed by atoms with Gasteiger partial charge in [-0.1, -0.05) is 25.4 Å². The topological polar surface area (TPSA) is 113 Å². The molecule has 2 heterocycles. The van der Waals surface area contributed by atoms with Crippen molar-refractivity contribution in [1.29, 1.82) is 0 Å². The van der Waals surface area contributed by atoms with E-state index in [9.17, 15) is 10.1 Å². The van der Waals surface area contributed by atoms with Crippen LogP contribution in [0.15, 0.2) is 6.33 Å². The zero-order valence-electron chi connectivity index (χ0n) is 11.0. The predicted molar refractivity (Wildman–Crippen MR) is 74.0 cm³/mol. The van der Waals surface area contributed by atoms with Crippen LogP contribution in [0.5, 0.6) is 0 Å². The molecular weight excluding hydrogens is 284 g/mol. The minimum absolute atomic E-state index is 0.00383. The van der Waals surface area contributed by atoms with Gasteiger partial charge in [0.25, 0.3) is 0 Å². The third kappa shape index (κ3) is 2.18. The van der Waals surface area contributed by atoms with Gasteiger partial charge in [-0.3, -0.25) is 10.1 Å². The Bertz CT molecular complexity index is 669. The van der Waals surface area contributed by atoms with Crippen molar-refractivity contribution in [2.45, 2.75) is 26.7 Å². The quantitative estimate of drug-likeness (QED) is 0.524. The molecular formula is C11H13ClN6O2. The molecule has 2 aromatic heterocycles. The highest BCUT2D eigenvalue weighted by Crippen LogP contribution is 2.29. The zero-order valence-corrected chi connectivity index (χ0v) is 11.8. The molecule has 2 aromatic rings. The van der Waals surface area contributed by atoms with E-state index in [4.69, 9.17) is 17.3 Å². The van der Waals surface area contributed by atoms with Crippen LogP contribution >= 0.6 is 11.6 Å². The fourth-order valence-electron chi connectivity index (χ4n) is 1.97. The van der Waals surface area contributed by atoms with Crippen LogP contribution in [-0.4, -0.2) is 24.7 Å². The smallest absolute Gasteiger partial charge is 0.313 e. The van der Waals surface area contributed by atoms with Crippen molar-refractivity contribution >= 4 is 23.0 Å². The monoisotopic (exact) mass is 296 g/mol. The van der Waals surface area contributed by atoms with E-state index < -0.39 is 4.92 Å². The Kier molecular flexibility index (Phi) is 3.84. The number of nitrogens with zero attached hydrogens (tertiary/aromatic N) is 5. The maximum Gasteiger partial charge on any atom is 0.313 e. The molecule has 20 heavy (non-hydrogen) atoms. The first-order chi connectivity index (χ1) is 9.51. The summed E-state index contributed by atoms with van der Waals surface area (Å²) in [6.45, 7) is 3.61. The van der Waals surface area contributed by atoms with Crippen LogP contribution in [0.2, 0.25) is 5.15 Å². The van der Waals surface area contributed by atoms with Gasteiger partial charge in [0.2, 0.25) is 0 Å². The van der Waals surface area contributed by atoms with E-state index >= 15 is 0 Å². The first kappa shape index (κ1) is 14.2.